The number of likely N-dealkylation sites (N-methyl/N-ethyl adjacent to an activating group) is 1. The Morgan fingerprint density at radius 3 is 2.39 bits per heavy atom. The molecule has 1 unspecified atom stereocenters. The molecule has 0 aromatic heterocycles. The number of benzene rings is 3. The zero-order chi connectivity index (χ0) is 20.1. The molecule has 3 aromatic carbocycles. The minimum absolute atomic E-state index is 0.131. The Labute approximate surface area is 169 Å². The van der Waals surface area contributed by atoms with Crippen LogP contribution in [0.15, 0.2) is 66.7 Å². The van der Waals surface area contributed by atoms with Crippen LogP contribution in [0, 0.1) is 0 Å². The molecule has 0 fully saturated rings. The lowest BCUT2D eigenvalue weighted by atomic mass is 10.1. The number of carbonyl (C=O) groups is 2. The SMILES string of the molecule is C[C@@H](C(=O)Nc1cccc2ccccc12)[NH+](C)CC(=O)Nc1ccc(Cl)cc1. The Kier molecular flexibility index (Phi) is 6.29. The van der Waals surface area contributed by atoms with Crippen molar-refractivity contribution in [3.05, 3.63) is 71.8 Å². The maximum absolute atomic E-state index is 12.7. The highest BCUT2D eigenvalue weighted by molar-refractivity contribution is 6.30. The average Bonchev–Trinajstić information content (AvgIpc) is 2.69. The number of rotatable bonds is 6. The highest BCUT2D eigenvalue weighted by Crippen LogP contribution is 2.22. The van der Waals surface area contributed by atoms with Crippen molar-refractivity contribution in [3.63, 3.8) is 0 Å². The van der Waals surface area contributed by atoms with Crippen LogP contribution in [0.5, 0.6) is 0 Å². The number of quaternary nitrogens is 1. The van der Waals surface area contributed by atoms with E-state index in [0.29, 0.717) is 10.7 Å². The fourth-order valence-electron chi connectivity index (χ4n) is 2.94. The molecule has 0 aliphatic heterocycles. The van der Waals surface area contributed by atoms with E-state index < -0.39 is 6.04 Å². The second-order valence-electron chi connectivity index (χ2n) is 6.82. The first-order valence-corrected chi connectivity index (χ1v) is 9.48. The van der Waals surface area contributed by atoms with Crippen molar-refractivity contribution in [1.82, 2.24) is 0 Å². The molecule has 0 heterocycles. The van der Waals surface area contributed by atoms with Crippen molar-refractivity contribution in [2.24, 2.45) is 0 Å². The minimum Gasteiger partial charge on any atom is -0.321 e. The summed E-state index contributed by atoms with van der Waals surface area (Å²) in [6.45, 7) is 1.98. The number of halogens is 1. The van der Waals surface area contributed by atoms with E-state index in [1.165, 1.54) is 0 Å². The summed E-state index contributed by atoms with van der Waals surface area (Å²) in [5.41, 5.74) is 1.45. The van der Waals surface area contributed by atoms with Crippen molar-refractivity contribution in [3.8, 4) is 0 Å². The van der Waals surface area contributed by atoms with Gasteiger partial charge in [0.25, 0.3) is 11.8 Å². The summed E-state index contributed by atoms with van der Waals surface area (Å²) in [6, 6.07) is 20.2. The lowest BCUT2D eigenvalue weighted by Crippen LogP contribution is -3.14. The van der Waals surface area contributed by atoms with Gasteiger partial charge in [0, 0.05) is 21.8 Å². The van der Waals surface area contributed by atoms with Gasteiger partial charge in [0.05, 0.1) is 7.05 Å². The molecule has 2 amide bonds. The summed E-state index contributed by atoms with van der Waals surface area (Å²) in [5, 5.41) is 8.47. The molecule has 144 valence electrons. The highest BCUT2D eigenvalue weighted by Gasteiger charge is 2.24. The largest absolute Gasteiger partial charge is 0.321 e. The van der Waals surface area contributed by atoms with Gasteiger partial charge in [-0.2, -0.15) is 0 Å². The van der Waals surface area contributed by atoms with E-state index in [4.69, 9.17) is 11.6 Å². The third kappa shape index (κ3) is 4.88. The quantitative estimate of drug-likeness (QED) is 0.599. The molecule has 28 heavy (non-hydrogen) atoms. The predicted octanol–water partition coefficient (Wildman–Crippen LogP) is 2.97. The Balaban J connectivity index is 1.60. The first-order chi connectivity index (χ1) is 13.4. The maximum Gasteiger partial charge on any atom is 0.282 e. The molecule has 0 saturated heterocycles. The van der Waals surface area contributed by atoms with E-state index in [1.807, 2.05) is 56.4 Å². The summed E-state index contributed by atoms with van der Waals surface area (Å²) < 4.78 is 0. The van der Waals surface area contributed by atoms with Crippen LogP contribution in [-0.2, 0) is 9.59 Å². The molecular formula is C22H23ClN3O2+. The van der Waals surface area contributed by atoms with E-state index in [9.17, 15) is 9.59 Å². The molecule has 0 radical (unpaired) electrons. The topological polar surface area (TPSA) is 62.6 Å². The van der Waals surface area contributed by atoms with E-state index >= 15 is 0 Å². The molecule has 0 saturated carbocycles. The number of carbonyl (C=O) groups excluding carboxylic acids is 2. The number of hydrogen-bond acceptors (Lipinski definition) is 2. The molecule has 3 rings (SSSR count). The summed E-state index contributed by atoms with van der Waals surface area (Å²) >= 11 is 5.85. The predicted molar refractivity (Wildman–Crippen MR) is 114 cm³/mol. The summed E-state index contributed by atoms with van der Waals surface area (Å²) in [4.78, 5) is 25.8. The molecule has 5 nitrogen and oxygen atoms in total. The van der Waals surface area contributed by atoms with Crippen LogP contribution >= 0.6 is 11.6 Å². The number of fused-ring (bicyclic) bond motifs is 1. The number of hydrogen-bond donors (Lipinski definition) is 3. The summed E-state index contributed by atoms with van der Waals surface area (Å²) in [7, 11) is 1.83. The van der Waals surface area contributed by atoms with Gasteiger partial charge in [-0.1, -0.05) is 48.0 Å². The molecule has 0 bridgehead atoms. The van der Waals surface area contributed by atoms with Crippen molar-refractivity contribution in [2.45, 2.75) is 13.0 Å². The molecule has 0 aliphatic carbocycles. The fourth-order valence-corrected chi connectivity index (χ4v) is 3.07. The Morgan fingerprint density at radius 1 is 0.964 bits per heavy atom. The van der Waals surface area contributed by atoms with Gasteiger partial charge in [-0.3, -0.25) is 9.59 Å². The van der Waals surface area contributed by atoms with Gasteiger partial charge >= 0.3 is 0 Å². The van der Waals surface area contributed by atoms with Crippen LogP contribution in [0.3, 0.4) is 0 Å². The molecule has 3 aromatic rings. The Bertz CT molecular complexity index is 983. The summed E-state index contributed by atoms with van der Waals surface area (Å²) in [6.07, 6.45) is 0. The lowest BCUT2D eigenvalue weighted by Gasteiger charge is -2.21. The first-order valence-electron chi connectivity index (χ1n) is 9.10. The summed E-state index contributed by atoms with van der Waals surface area (Å²) in [5.74, 6) is -0.294. The van der Waals surface area contributed by atoms with E-state index in [0.717, 1.165) is 21.4 Å². The number of nitrogens with one attached hydrogen (secondary N) is 3. The normalized spacial score (nSPS) is 13.0. The van der Waals surface area contributed by atoms with Gasteiger partial charge in [0.2, 0.25) is 0 Å². The molecular weight excluding hydrogens is 374 g/mol. The van der Waals surface area contributed by atoms with Gasteiger partial charge in [0.1, 0.15) is 0 Å². The van der Waals surface area contributed by atoms with Gasteiger partial charge in [-0.05, 0) is 42.6 Å². The second-order valence-corrected chi connectivity index (χ2v) is 7.25. The lowest BCUT2D eigenvalue weighted by molar-refractivity contribution is -0.885. The van der Waals surface area contributed by atoms with Crippen LogP contribution < -0.4 is 15.5 Å². The standard InChI is InChI=1S/C22H22ClN3O2/c1-15(26(2)14-21(27)24-18-12-10-17(23)11-13-18)22(28)25-20-9-5-7-16-6-3-4-8-19(16)20/h3-13,15H,14H2,1-2H3,(H,24,27)(H,25,28)/p+1/t15-/m0/s1. The third-order valence-corrected chi connectivity index (χ3v) is 5.00. The number of amides is 2. The second kappa shape index (κ2) is 8.87. The van der Waals surface area contributed by atoms with Crippen LogP contribution in [0.25, 0.3) is 10.8 Å². The first kappa shape index (κ1) is 19.9. The zero-order valence-electron chi connectivity index (χ0n) is 15.8. The molecule has 3 N–H and O–H groups in total. The molecule has 0 spiro atoms. The van der Waals surface area contributed by atoms with Crippen LogP contribution in [0.1, 0.15) is 6.92 Å². The molecule has 2 atom stereocenters. The van der Waals surface area contributed by atoms with Gasteiger partial charge in [0.15, 0.2) is 12.6 Å². The van der Waals surface area contributed by atoms with Gasteiger partial charge < -0.3 is 15.5 Å². The van der Waals surface area contributed by atoms with Crippen molar-refractivity contribution >= 4 is 45.6 Å². The van der Waals surface area contributed by atoms with Crippen LogP contribution in [-0.4, -0.2) is 31.4 Å². The van der Waals surface area contributed by atoms with E-state index in [1.54, 1.807) is 24.3 Å². The van der Waals surface area contributed by atoms with Gasteiger partial charge in [-0.25, -0.2) is 0 Å². The molecule has 6 heteroatoms. The van der Waals surface area contributed by atoms with Crippen LogP contribution in [0.4, 0.5) is 11.4 Å². The molecule has 0 aliphatic rings. The Hall–Kier alpha value is -2.89. The smallest absolute Gasteiger partial charge is 0.282 e. The van der Waals surface area contributed by atoms with Crippen molar-refractivity contribution in [1.29, 1.82) is 0 Å². The average molecular weight is 397 g/mol. The fraction of sp³-hybridized carbons (Fsp3) is 0.182. The van der Waals surface area contributed by atoms with E-state index in [-0.39, 0.29) is 18.4 Å². The highest BCUT2D eigenvalue weighted by atomic mass is 35.5. The van der Waals surface area contributed by atoms with Crippen LogP contribution in [0.2, 0.25) is 5.02 Å². The number of anilines is 2. The maximum atomic E-state index is 12.7. The van der Waals surface area contributed by atoms with Crippen molar-refractivity contribution in [2.75, 3.05) is 24.2 Å². The van der Waals surface area contributed by atoms with Crippen molar-refractivity contribution < 1.29 is 14.5 Å². The zero-order valence-corrected chi connectivity index (χ0v) is 16.6. The monoisotopic (exact) mass is 396 g/mol. The minimum atomic E-state index is -0.394. The van der Waals surface area contributed by atoms with Gasteiger partial charge in [-0.15, -0.1) is 0 Å². The van der Waals surface area contributed by atoms with E-state index in [2.05, 4.69) is 10.6 Å². The Morgan fingerprint density at radius 2 is 1.64 bits per heavy atom. The third-order valence-electron chi connectivity index (χ3n) is 4.75.